The lowest BCUT2D eigenvalue weighted by Crippen LogP contribution is -2.15. The third-order valence-corrected chi connectivity index (χ3v) is 5.23. The summed E-state index contributed by atoms with van der Waals surface area (Å²) in [6.45, 7) is 5.15. The number of aromatic nitrogens is 2. The van der Waals surface area contributed by atoms with Crippen LogP contribution in [-0.4, -0.2) is 35.2 Å². The molecule has 0 aliphatic heterocycles. The number of methoxy groups -OCH3 is 1. The molecule has 2 aromatic carbocycles. The van der Waals surface area contributed by atoms with E-state index in [1.54, 1.807) is 38.3 Å². The largest absolute Gasteiger partial charge is 0.496 e. The Morgan fingerprint density at radius 3 is 2.42 bits per heavy atom. The average molecular weight is 418 g/mol. The lowest BCUT2D eigenvalue weighted by atomic mass is 10.0. The SMILES string of the molecule is COc1ccc(C(=O)OCC(=O)c2cc(C)n(-c3cc(C)on3)c2C)c2ccccc12. The van der Waals surface area contributed by atoms with E-state index < -0.39 is 5.97 Å². The molecule has 0 bridgehead atoms. The van der Waals surface area contributed by atoms with Crippen molar-refractivity contribution in [3.63, 3.8) is 0 Å². The Morgan fingerprint density at radius 2 is 1.74 bits per heavy atom. The van der Waals surface area contributed by atoms with Gasteiger partial charge in [0, 0.05) is 28.4 Å². The van der Waals surface area contributed by atoms with Crippen LogP contribution in [0.4, 0.5) is 0 Å². The molecule has 0 unspecified atom stereocenters. The Balaban J connectivity index is 1.55. The number of ether oxygens (including phenoxy) is 2. The summed E-state index contributed by atoms with van der Waals surface area (Å²) in [5, 5.41) is 5.53. The second-order valence-corrected chi connectivity index (χ2v) is 7.28. The first-order chi connectivity index (χ1) is 14.9. The van der Waals surface area contributed by atoms with Gasteiger partial charge in [-0.1, -0.05) is 29.4 Å². The van der Waals surface area contributed by atoms with Crippen LogP contribution >= 0.6 is 0 Å². The molecule has 0 N–H and O–H groups in total. The topological polar surface area (TPSA) is 83.6 Å². The highest BCUT2D eigenvalue weighted by atomic mass is 16.5. The molecular weight excluding hydrogens is 396 g/mol. The van der Waals surface area contributed by atoms with Crippen LogP contribution in [0.2, 0.25) is 0 Å². The van der Waals surface area contributed by atoms with Gasteiger partial charge in [0.05, 0.1) is 12.7 Å². The van der Waals surface area contributed by atoms with Crippen LogP contribution in [0.5, 0.6) is 5.75 Å². The zero-order valence-electron chi connectivity index (χ0n) is 17.8. The summed E-state index contributed by atoms with van der Waals surface area (Å²) >= 11 is 0. The maximum Gasteiger partial charge on any atom is 0.339 e. The van der Waals surface area contributed by atoms with Gasteiger partial charge in [-0.3, -0.25) is 9.36 Å². The number of esters is 1. The smallest absolute Gasteiger partial charge is 0.339 e. The number of hydrogen-bond donors (Lipinski definition) is 0. The van der Waals surface area contributed by atoms with E-state index in [-0.39, 0.29) is 12.4 Å². The molecule has 0 saturated carbocycles. The van der Waals surface area contributed by atoms with Gasteiger partial charge < -0.3 is 14.0 Å². The molecule has 4 aromatic rings. The summed E-state index contributed by atoms with van der Waals surface area (Å²) in [5.74, 6) is 1.10. The molecule has 31 heavy (non-hydrogen) atoms. The van der Waals surface area contributed by atoms with Crippen LogP contribution in [0.15, 0.2) is 53.1 Å². The molecular formula is C24H22N2O5. The number of hydrogen-bond acceptors (Lipinski definition) is 6. The highest BCUT2D eigenvalue weighted by molar-refractivity contribution is 6.07. The normalized spacial score (nSPS) is 11.0. The molecule has 2 aromatic heterocycles. The van der Waals surface area contributed by atoms with Gasteiger partial charge >= 0.3 is 5.97 Å². The molecule has 0 fully saturated rings. The van der Waals surface area contributed by atoms with Crippen molar-refractivity contribution >= 4 is 22.5 Å². The molecule has 0 aliphatic rings. The highest BCUT2D eigenvalue weighted by Crippen LogP contribution is 2.29. The number of benzene rings is 2. The lowest BCUT2D eigenvalue weighted by molar-refractivity contribution is 0.0476. The van der Waals surface area contributed by atoms with Gasteiger partial charge in [-0.15, -0.1) is 0 Å². The van der Waals surface area contributed by atoms with Gasteiger partial charge in [0.2, 0.25) is 5.78 Å². The summed E-state index contributed by atoms with van der Waals surface area (Å²) in [4.78, 5) is 25.5. The summed E-state index contributed by atoms with van der Waals surface area (Å²) in [7, 11) is 1.58. The fourth-order valence-corrected chi connectivity index (χ4v) is 3.77. The number of Topliss-reactive ketones (excluding diaryl/α,β-unsaturated/α-hetero) is 1. The molecule has 0 atom stereocenters. The van der Waals surface area contributed by atoms with Crippen LogP contribution in [0.1, 0.15) is 37.9 Å². The number of rotatable bonds is 6. The van der Waals surface area contributed by atoms with Crippen molar-refractivity contribution in [2.45, 2.75) is 20.8 Å². The number of ketones is 1. The minimum atomic E-state index is -0.562. The van der Waals surface area contributed by atoms with Crippen molar-refractivity contribution in [1.29, 1.82) is 0 Å². The van der Waals surface area contributed by atoms with Crippen molar-refractivity contribution in [2.75, 3.05) is 13.7 Å². The van der Waals surface area contributed by atoms with Crippen LogP contribution in [0, 0.1) is 20.8 Å². The van der Waals surface area contributed by atoms with E-state index in [1.165, 1.54) is 0 Å². The van der Waals surface area contributed by atoms with E-state index in [0.29, 0.717) is 39.5 Å². The molecule has 4 rings (SSSR count). The predicted octanol–water partition coefficient (Wildman–Crippen LogP) is 4.59. The van der Waals surface area contributed by atoms with Crippen LogP contribution in [0.3, 0.4) is 0 Å². The second-order valence-electron chi connectivity index (χ2n) is 7.28. The Morgan fingerprint density at radius 1 is 1.00 bits per heavy atom. The molecule has 158 valence electrons. The maximum atomic E-state index is 12.8. The molecule has 2 heterocycles. The molecule has 0 amide bonds. The number of fused-ring (bicyclic) bond motifs is 1. The van der Waals surface area contributed by atoms with Gasteiger partial charge in [0.1, 0.15) is 11.5 Å². The van der Waals surface area contributed by atoms with Gasteiger partial charge in [0.25, 0.3) is 0 Å². The third-order valence-electron chi connectivity index (χ3n) is 5.23. The minimum absolute atomic E-state index is 0.286. The van der Waals surface area contributed by atoms with E-state index in [9.17, 15) is 9.59 Å². The quantitative estimate of drug-likeness (QED) is 0.336. The maximum absolute atomic E-state index is 12.8. The monoisotopic (exact) mass is 418 g/mol. The van der Waals surface area contributed by atoms with Gasteiger partial charge in [-0.2, -0.15) is 0 Å². The zero-order valence-corrected chi connectivity index (χ0v) is 17.8. The van der Waals surface area contributed by atoms with Crippen molar-refractivity contribution in [2.24, 2.45) is 0 Å². The molecule has 0 aliphatic carbocycles. The summed E-state index contributed by atoms with van der Waals surface area (Å²) in [5.41, 5.74) is 2.40. The first-order valence-electron chi connectivity index (χ1n) is 9.79. The Hall–Kier alpha value is -3.87. The number of carbonyl (C=O) groups is 2. The Bertz CT molecular complexity index is 1300. The lowest BCUT2D eigenvalue weighted by Gasteiger charge is -2.10. The zero-order chi connectivity index (χ0) is 22.1. The molecule has 0 radical (unpaired) electrons. The number of aryl methyl sites for hydroxylation is 2. The Labute approximate surface area is 179 Å². The van der Waals surface area contributed by atoms with Crippen molar-refractivity contribution < 1.29 is 23.6 Å². The van der Waals surface area contributed by atoms with Crippen LogP contribution in [-0.2, 0) is 4.74 Å². The van der Waals surface area contributed by atoms with Crippen molar-refractivity contribution in [3.8, 4) is 11.6 Å². The molecule has 7 heteroatoms. The minimum Gasteiger partial charge on any atom is -0.496 e. The first kappa shape index (κ1) is 20.4. The summed E-state index contributed by atoms with van der Waals surface area (Å²) < 4.78 is 17.7. The first-order valence-corrected chi connectivity index (χ1v) is 9.79. The van der Waals surface area contributed by atoms with Gasteiger partial charge in [-0.05, 0) is 44.4 Å². The van der Waals surface area contributed by atoms with Crippen LogP contribution < -0.4 is 4.74 Å². The predicted molar refractivity (Wildman–Crippen MR) is 115 cm³/mol. The number of nitrogens with zero attached hydrogens (tertiary/aromatic N) is 2. The van der Waals surface area contributed by atoms with E-state index >= 15 is 0 Å². The summed E-state index contributed by atoms with van der Waals surface area (Å²) in [6, 6.07) is 14.3. The fraction of sp³-hybridized carbons (Fsp3) is 0.208. The standard InChI is InChI=1S/C24H22N2O5/c1-14-11-20(16(3)26(14)23-12-15(2)31-25-23)21(27)13-30-24(28)19-9-10-22(29-4)18-8-6-5-7-17(18)19/h5-12H,13H2,1-4H3. The van der Waals surface area contributed by atoms with Crippen molar-refractivity contribution in [1.82, 2.24) is 9.72 Å². The Kier molecular flexibility index (Phi) is 5.33. The van der Waals surface area contributed by atoms with Gasteiger partial charge in [0.15, 0.2) is 12.4 Å². The average Bonchev–Trinajstić information content (AvgIpc) is 3.32. The van der Waals surface area contributed by atoms with E-state index in [4.69, 9.17) is 14.0 Å². The van der Waals surface area contributed by atoms with Crippen LogP contribution in [0.25, 0.3) is 16.6 Å². The van der Waals surface area contributed by atoms with Gasteiger partial charge in [-0.25, -0.2) is 4.79 Å². The second kappa shape index (κ2) is 8.10. The number of carbonyl (C=O) groups excluding carboxylic acids is 2. The summed E-state index contributed by atoms with van der Waals surface area (Å²) in [6.07, 6.45) is 0. The van der Waals surface area contributed by atoms with Crippen molar-refractivity contribution in [3.05, 3.63) is 76.8 Å². The van der Waals surface area contributed by atoms with E-state index in [0.717, 1.165) is 11.1 Å². The highest BCUT2D eigenvalue weighted by Gasteiger charge is 2.21. The molecule has 7 nitrogen and oxygen atoms in total. The fourth-order valence-electron chi connectivity index (χ4n) is 3.77. The third kappa shape index (κ3) is 3.70. The molecule has 0 saturated heterocycles. The van der Waals surface area contributed by atoms with E-state index in [1.807, 2.05) is 42.7 Å². The molecule has 0 spiro atoms. The van der Waals surface area contributed by atoms with E-state index in [2.05, 4.69) is 5.16 Å².